The van der Waals surface area contributed by atoms with Crippen molar-refractivity contribution in [2.24, 2.45) is 0 Å². The number of phenolic OH excluding ortho intramolecular Hbond substituents is 1. The third kappa shape index (κ3) is 4.04. The standard InChI is InChI=1S/C19H14FN3O3S/c1-26-19-23-10-17(27-19)14-6-15(20)13(7-16(14)24)18(25)22-9-12-4-2-11(8-21)3-5-12/h2-7,10,24H,9H2,1H3,(H,22,25). The van der Waals surface area contributed by atoms with E-state index in [-0.39, 0.29) is 23.4 Å². The number of aromatic nitrogens is 1. The molecule has 0 saturated carbocycles. The number of methoxy groups -OCH3 is 1. The van der Waals surface area contributed by atoms with Crippen molar-refractivity contribution < 1.29 is 19.0 Å². The number of phenols is 1. The fraction of sp³-hybridized carbons (Fsp3) is 0.105. The zero-order chi connectivity index (χ0) is 19.4. The van der Waals surface area contributed by atoms with Gasteiger partial charge in [0.05, 0.1) is 29.2 Å². The normalized spacial score (nSPS) is 10.3. The number of halogens is 1. The number of carbonyl (C=O) groups is 1. The van der Waals surface area contributed by atoms with Gasteiger partial charge >= 0.3 is 0 Å². The summed E-state index contributed by atoms with van der Waals surface area (Å²) < 4.78 is 19.4. The lowest BCUT2D eigenvalue weighted by molar-refractivity contribution is 0.0946. The average Bonchev–Trinajstić information content (AvgIpc) is 3.17. The summed E-state index contributed by atoms with van der Waals surface area (Å²) in [6.07, 6.45) is 1.46. The molecular formula is C19H14FN3O3S. The van der Waals surface area contributed by atoms with Crippen LogP contribution < -0.4 is 10.1 Å². The van der Waals surface area contributed by atoms with Crippen LogP contribution in [0.5, 0.6) is 10.9 Å². The van der Waals surface area contributed by atoms with Crippen LogP contribution in [0.1, 0.15) is 21.5 Å². The highest BCUT2D eigenvalue weighted by Gasteiger charge is 2.18. The quantitative estimate of drug-likeness (QED) is 0.703. The van der Waals surface area contributed by atoms with Crippen molar-refractivity contribution in [2.75, 3.05) is 7.11 Å². The topological polar surface area (TPSA) is 95.2 Å². The Morgan fingerprint density at radius 2 is 2.11 bits per heavy atom. The molecule has 0 fully saturated rings. The molecule has 0 radical (unpaired) electrons. The maximum absolute atomic E-state index is 14.4. The molecule has 0 bridgehead atoms. The van der Waals surface area contributed by atoms with Crippen molar-refractivity contribution in [1.82, 2.24) is 10.3 Å². The van der Waals surface area contributed by atoms with Crippen LogP contribution in [0.4, 0.5) is 4.39 Å². The number of ether oxygens (including phenoxy) is 1. The Balaban J connectivity index is 1.76. The Kier molecular flexibility index (Phi) is 5.33. The summed E-state index contributed by atoms with van der Waals surface area (Å²) >= 11 is 1.15. The van der Waals surface area contributed by atoms with Crippen LogP contribution in [0.2, 0.25) is 0 Å². The third-order valence-corrected chi connectivity index (χ3v) is 4.78. The van der Waals surface area contributed by atoms with E-state index in [4.69, 9.17) is 10.00 Å². The minimum absolute atomic E-state index is 0.165. The van der Waals surface area contributed by atoms with E-state index in [1.54, 1.807) is 24.3 Å². The van der Waals surface area contributed by atoms with Gasteiger partial charge in [-0.05, 0) is 29.8 Å². The molecular weight excluding hydrogens is 369 g/mol. The van der Waals surface area contributed by atoms with E-state index in [0.717, 1.165) is 29.0 Å². The minimum Gasteiger partial charge on any atom is -0.507 e. The summed E-state index contributed by atoms with van der Waals surface area (Å²) in [4.78, 5) is 16.8. The number of aromatic hydroxyl groups is 1. The number of nitrogens with zero attached hydrogens (tertiary/aromatic N) is 2. The molecule has 27 heavy (non-hydrogen) atoms. The molecule has 6 nitrogen and oxygen atoms in total. The first-order chi connectivity index (χ1) is 13.0. The molecule has 1 amide bonds. The summed E-state index contributed by atoms with van der Waals surface area (Å²) in [5, 5.41) is 22.0. The van der Waals surface area contributed by atoms with Gasteiger partial charge in [-0.1, -0.05) is 23.5 Å². The summed E-state index contributed by atoms with van der Waals surface area (Å²) in [5.74, 6) is -1.64. The zero-order valence-electron chi connectivity index (χ0n) is 14.2. The number of rotatable bonds is 5. The lowest BCUT2D eigenvalue weighted by Crippen LogP contribution is -2.23. The molecule has 1 aromatic heterocycles. The predicted octanol–water partition coefficient (Wildman–Crippen LogP) is 3.47. The lowest BCUT2D eigenvalue weighted by Gasteiger charge is -2.09. The van der Waals surface area contributed by atoms with Crippen molar-refractivity contribution in [1.29, 1.82) is 5.26 Å². The number of nitriles is 1. The van der Waals surface area contributed by atoms with Crippen LogP contribution >= 0.6 is 11.3 Å². The molecule has 1 heterocycles. The molecule has 3 aromatic rings. The SMILES string of the molecule is COc1ncc(-c2cc(F)c(C(=O)NCc3ccc(C#N)cc3)cc2O)s1. The lowest BCUT2D eigenvalue weighted by atomic mass is 10.1. The molecule has 2 aromatic carbocycles. The number of carbonyl (C=O) groups excluding carboxylic acids is 1. The predicted molar refractivity (Wildman–Crippen MR) is 98.1 cm³/mol. The van der Waals surface area contributed by atoms with E-state index in [2.05, 4.69) is 10.3 Å². The Labute approximate surface area is 158 Å². The smallest absolute Gasteiger partial charge is 0.273 e. The molecule has 2 N–H and O–H groups in total. The molecule has 0 atom stereocenters. The van der Waals surface area contributed by atoms with Gasteiger partial charge < -0.3 is 15.2 Å². The highest BCUT2D eigenvalue weighted by atomic mass is 32.1. The van der Waals surface area contributed by atoms with Gasteiger partial charge in [-0.25, -0.2) is 9.37 Å². The first kappa shape index (κ1) is 18.4. The van der Waals surface area contributed by atoms with Crippen LogP contribution in [-0.2, 0) is 6.54 Å². The van der Waals surface area contributed by atoms with Crippen LogP contribution in [-0.4, -0.2) is 23.1 Å². The Morgan fingerprint density at radius 1 is 1.37 bits per heavy atom. The van der Waals surface area contributed by atoms with Gasteiger partial charge in [0.1, 0.15) is 11.6 Å². The third-order valence-electron chi connectivity index (χ3n) is 3.79. The number of hydrogen-bond donors (Lipinski definition) is 2. The number of hydrogen-bond acceptors (Lipinski definition) is 6. The largest absolute Gasteiger partial charge is 0.507 e. The van der Waals surface area contributed by atoms with E-state index in [0.29, 0.717) is 15.6 Å². The van der Waals surface area contributed by atoms with Gasteiger partial charge in [0.15, 0.2) is 0 Å². The number of thiazole rings is 1. The summed E-state index contributed by atoms with van der Waals surface area (Å²) in [7, 11) is 1.46. The van der Waals surface area contributed by atoms with Crippen molar-refractivity contribution in [2.45, 2.75) is 6.54 Å². The second-order valence-corrected chi connectivity index (χ2v) is 6.53. The van der Waals surface area contributed by atoms with E-state index in [9.17, 15) is 14.3 Å². The molecule has 0 aliphatic carbocycles. The number of amides is 1. The Hall–Kier alpha value is -3.44. The fourth-order valence-electron chi connectivity index (χ4n) is 2.38. The van der Waals surface area contributed by atoms with Gasteiger partial charge in [-0.15, -0.1) is 0 Å². The second kappa shape index (κ2) is 7.85. The Morgan fingerprint density at radius 3 is 2.74 bits per heavy atom. The van der Waals surface area contributed by atoms with E-state index < -0.39 is 11.7 Å². The van der Waals surface area contributed by atoms with Crippen LogP contribution in [0.15, 0.2) is 42.6 Å². The van der Waals surface area contributed by atoms with Crippen molar-refractivity contribution >= 4 is 17.2 Å². The van der Waals surface area contributed by atoms with Gasteiger partial charge in [-0.3, -0.25) is 4.79 Å². The van der Waals surface area contributed by atoms with Gasteiger partial charge in [-0.2, -0.15) is 5.26 Å². The van der Waals surface area contributed by atoms with Crippen molar-refractivity contribution in [3.63, 3.8) is 0 Å². The van der Waals surface area contributed by atoms with E-state index in [1.165, 1.54) is 13.3 Å². The molecule has 3 rings (SSSR count). The summed E-state index contributed by atoms with van der Waals surface area (Å²) in [6.45, 7) is 0.165. The fourth-order valence-corrected chi connectivity index (χ4v) is 3.14. The minimum atomic E-state index is -0.757. The average molecular weight is 383 g/mol. The van der Waals surface area contributed by atoms with E-state index >= 15 is 0 Å². The van der Waals surface area contributed by atoms with Gasteiger partial charge in [0.2, 0.25) is 0 Å². The zero-order valence-corrected chi connectivity index (χ0v) is 15.0. The maximum Gasteiger partial charge on any atom is 0.273 e. The van der Waals surface area contributed by atoms with E-state index in [1.807, 2.05) is 6.07 Å². The molecule has 0 aliphatic rings. The van der Waals surface area contributed by atoms with Crippen LogP contribution in [0.25, 0.3) is 10.4 Å². The maximum atomic E-state index is 14.4. The highest BCUT2D eigenvalue weighted by Crippen LogP contribution is 2.37. The second-order valence-electron chi connectivity index (χ2n) is 5.54. The Bertz CT molecular complexity index is 1030. The molecule has 136 valence electrons. The molecule has 0 aliphatic heterocycles. The molecule has 0 saturated heterocycles. The monoisotopic (exact) mass is 383 g/mol. The van der Waals surface area contributed by atoms with Crippen molar-refractivity contribution in [3.05, 3.63) is 65.1 Å². The van der Waals surface area contributed by atoms with Crippen LogP contribution in [0.3, 0.4) is 0 Å². The highest BCUT2D eigenvalue weighted by molar-refractivity contribution is 7.16. The molecule has 0 unspecified atom stereocenters. The first-order valence-electron chi connectivity index (χ1n) is 7.81. The van der Waals surface area contributed by atoms with Crippen LogP contribution in [0, 0.1) is 17.1 Å². The van der Waals surface area contributed by atoms with Crippen molar-refractivity contribution in [3.8, 4) is 27.5 Å². The first-order valence-corrected chi connectivity index (χ1v) is 8.63. The molecule has 8 heteroatoms. The molecule has 0 spiro atoms. The summed E-state index contributed by atoms with van der Waals surface area (Å²) in [5.41, 5.74) is 1.25. The number of benzene rings is 2. The van der Waals surface area contributed by atoms with Gasteiger partial charge in [0.25, 0.3) is 11.1 Å². The summed E-state index contributed by atoms with van der Waals surface area (Å²) in [6, 6.07) is 10.9. The van der Waals surface area contributed by atoms with Gasteiger partial charge in [0, 0.05) is 18.3 Å². The number of nitrogens with one attached hydrogen (secondary N) is 1.